The Balaban J connectivity index is 2.56. The van der Waals surface area contributed by atoms with E-state index in [4.69, 9.17) is 14.5 Å². The Bertz CT molecular complexity index is 597. The molecular formula is C16H18O5. The number of carbonyl (C=O) groups is 2. The Morgan fingerprint density at radius 3 is 2.43 bits per heavy atom. The van der Waals surface area contributed by atoms with E-state index in [1.807, 2.05) is 6.07 Å². The van der Waals surface area contributed by atoms with Gasteiger partial charge in [-0.25, -0.2) is 14.6 Å². The van der Waals surface area contributed by atoms with Crippen LogP contribution in [0.1, 0.15) is 31.9 Å². The van der Waals surface area contributed by atoms with Gasteiger partial charge >= 0.3 is 5.97 Å². The van der Waals surface area contributed by atoms with Gasteiger partial charge in [-0.2, -0.15) is 0 Å². The van der Waals surface area contributed by atoms with Crippen molar-refractivity contribution in [3.63, 3.8) is 0 Å². The minimum atomic E-state index is -1.92. The van der Waals surface area contributed by atoms with E-state index in [2.05, 4.69) is 0 Å². The molecule has 1 aliphatic carbocycles. The lowest BCUT2D eigenvalue weighted by Crippen LogP contribution is -2.49. The fourth-order valence-corrected chi connectivity index (χ4v) is 2.04. The molecule has 0 saturated carbocycles. The van der Waals surface area contributed by atoms with Gasteiger partial charge in [0.1, 0.15) is 0 Å². The lowest BCUT2D eigenvalue weighted by atomic mass is 9.82. The van der Waals surface area contributed by atoms with E-state index in [-0.39, 0.29) is 0 Å². The Morgan fingerprint density at radius 1 is 1.14 bits per heavy atom. The van der Waals surface area contributed by atoms with Gasteiger partial charge in [0.2, 0.25) is 5.78 Å². The third-order valence-corrected chi connectivity index (χ3v) is 2.99. The Kier molecular flexibility index (Phi) is 3.98. The highest BCUT2D eigenvalue weighted by molar-refractivity contribution is 6.16. The molecule has 1 aliphatic rings. The summed E-state index contributed by atoms with van der Waals surface area (Å²) in [6.07, 6.45) is 2.94. The number of fused-ring (bicyclic) bond motifs is 1. The van der Waals surface area contributed by atoms with E-state index in [1.54, 1.807) is 45.0 Å². The first-order chi connectivity index (χ1) is 9.81. The van der Waals surface area contributed by atoms with Crippen LogP contribution in [-0.4, -0.2) is 24.5 Å². The first-order valence-corrected chi connectivity index (χ1v) is 6.58. The summed E-state index contributed by atoms with van der Waals surface area (Å²) < 4.78 is 4.79. The van der Waals surface area contributed by atoms with Crippen LogP contribution in [0, 0.1) is 0 Å². The van der Waals surface area contributed by atoms with Crippen LogP contribution in [0.2, 0.25) is 0 Å². The van der Waals surface area contributed by atoms with Crippen molar-refractivity contribution < 1.29 is 24.1 Å². The maximum absolute atomic E-state index is 12.4. The molecule has 0 aliphatic heterocycles. The van der Waals surface area contributed by atoms with Crippen molar-refractivity contribution in [2.24, 2.45) is 0 Å². The van der Waals surface area contributed by atoms with Crippen LogP contribution in [0.5, 0.6) is 0 Å². The predicted octanol–water partition coefficient (Wildman–Crippen LogP) is 2.40. The maximum atomic E-state index is 12.4. The van der Waals surface area contributed by atoms with Gasteiger partial charge in [0.05, 0.1) is 12.7 Å². The minimum Gasteiger partial charge on any atom is -0.466 e. The summed E-state index contributed by atoms with van der Waals surface area (Å²) in [5.74, 6) is -1.34. The van der Waals surface area contributed by atoms with Crippen molar-refractivity contribution in [2.45, 2.75) is 32.0 Å². The Morgan fingerprint density at radius 2 is 1.81 bits per heavy atom. The molecule has 2 rings (SSSR count). The molecule has 5 heteroatoms. The molecule has 1 atom stereocenters. The van der Waals surface area contributed by atoms with Crippen LogP contribution in [0.3, 0.4) is 0 Å². The minimum absolute atomic E-state index is 0.411. The first-order valence-electron chi connectivity index (χ1n) is 6.58. The second-order valence-electron chi connectivity index (χ2n) is 5.74. The van der Waals surface area contributed by atoms with Gasteiger partial charge < -0.3 is 4.74 Å². The average Bonchev–Trinajstić information content (AvgIpc) is 2.45. The summed E-state index contributed by atoms with van der Waals surface area (Å²) in [5.41, 5.74) is -1.49. The summed E-state index contributed by atoms with van der Waals surface area (Å²) >= 11 is 0. The number of rotatable bonds is 3. The number of ether oxygens (including phenoxy) is 1. The smallest absolute Gasteiger partial charge is 0.354 e. The molecule has 0 fully saturated rings. The standard InChI is InChI=1S/C16H18O5/c1-15(2,3)20-21-16(14(18)19-4)12-8-6-5-7-11(12)9-10-13(16)17/h5-10H,1-4H3. The molecule has 1 aromatic carbocycles. The zero-order valence-electron chi connectivity index (χ0n) is 12.5. The van der Waals surface area contributed by atoms with Gasteiger partial charge in [0, 0.05) is 5.56 Å². The molecule has 21 heavy (non-hydrogen) atoms. The topological polar surface area (TPSA) is 61.8 Å². The lowest BCUT2D eigenvalue weighted by molar-refractivity contribution is -0.390. The van der Waals surface area contributed by atoms with Crippen molar-refractivity contribution in [1.29, 1.82) is 0 Å². The predicted molar refractivity (Wildman–Crippen MR) is 76.1 cm³/mol. The highest BCUT2D eigenvalue weighted by Crippen LogP contribution is 2.37. The number of benzene rings is 1. The molecule has 0 spiro atoms. The van der Waals surface area contributed by atoms with Crippen LogP contribution in [0.15, 0.2) is 30.3 Å². The molecule has 0 amide bonds. The van der Waals surface area contributed by atoms with Crippen LogP contribution < -0.4 is 0 Å². The summed E-state index contributed by atoms with van der Waals surface area (Å²) in [6.45, 7) is 5.27. The molecule has 1 unspecified atom stereocenters. The fraction of sp³-hybridized carbons (Fsp3) is 0.375. The third-order valence-electron chi connectivity index (χ3n) is 2.99. The molecule has 0 bridgehead atoms. The quantitative estimate of drug-likeness (QED) is 0.370. The van der Waals surface area contributed by atoms with Crippen molar-refractivity contribution >= 4 is 17.8 Å². The van der Waals surface area contributed by atoms with Gasteiger partial charge in [-0.05, 0) is 32.4 Å². The summed E-state index contributed by atoms with van der Waals surface area (Å²) in [4.78, 5) is 35.3. The van der Waals surface area contributed by atoms with Gasteiger partial charge in [0.15, 0.2) is 0 Å². The second-order valence-corrected chi connectivity index (χ2v) is 5.74. The van der Waals surface area contributed by atoms with Crippen molar-refractivity contribution in [2.75, 3.05) is 7.11 Å². The van der Waals surface area contributed by atoms with Crippen LogP contribution >= 0.6 is 0 Å². The normalized spacial score (nSPS) is 21.0. The van der Waals surface area contributed by atoms with E-state index in [0.29, 0.717) is 11.1 Å². The van der Waals surface area contributed by atoms with Crippen molar-refractivity contribution in [1.82, 2.24) is 0 Å². The molecule has 0 radical (unpaired) electrons. The Hall–Kier alpha value is -1.98. The number of esters is 1. The average molecular weight is 290 g/mol. The number of carbonyl (C=O) groups excluding carboxylic acids is 2. The summed E-state index contributed by atoms with van der Waals surface area (Å²) in [6, 6.07) is 6.98. The van der Waals surface area contributed by atoms with E-state index in [0.717, 1.165) is 0 Å². The van der Waals surface area contributed by atoms with Gasteiger partial charge in [-0.3, -0.25) is 4.79 Å². The van der Waals surface area contributed by atoms with Crippen molar-refractivity contribution in [3.05, 3.63) is 41.5 Å². The summed E-state index contributed by atoms with van der Waals surface area (Å²) in [7, 11) is 1.21. The van der Waals surface area contributed by atoms with Crippen molar-refractivity contribution in [3.8, 4) is 0 Å². The van der Waals surface area contributed by atoms with E-state index in [9.17, 15) is 9.59 Å². The summed E-state index contributed by atoms with van der Waals surface area (Å²) in [5, 5.41) is 0. The zero-order valence-corrected chi connectivity index (χ0v) is 12.5. The molecule has 5 nitrogen and oxygen atoms in total. The SMILES string of the molecule is COC(=O)C1(OOC(C)(C)C)C(=O)C=Cc2ccccc21. The molecule has 0 aromatic heterocycles. The van der Waals surface area contributed by atoms with Crippen LogP contribution in [-0.2, 0) is 29.7 Å². The van der Waals surface area contributed by atoms with E-state index in [1.165, 1.54) is 13.2 Å². The lowest BCUT2D eigenvalue weighted by Gasteiger charge is -2.33. The van der Waals surface area contributed by atoms with Gasteiger partial charge in [-0.15, -0.1) is 0 Å². The molecule has 112 valence electrons. The highest BCUT2D eigenvalue weighted by atomic mass is 17.2. The molecular weight excluding hydrogens is 272 g/mol. The highest BCUT2D eigenvalue weighted by Gasteiger charge is 2.53. The van der Waals surface area contributed by atoms with E-state index >= 15 is 0 Å². The Labute approximate surface area is 123 Å². The maximum Gasteiger partial charge on any atom is 0.354 e. The first kappa shape index (κ1) is 15.4. The number of ketones is 1. The third kappa shape index (κ3) is 2.75. The second kappa shape index (κ2) is 5.42. The zero-order chi connectivity index (χ0) is 15.7. The molecule has 1 aromatic rings. The molecule has 0 saturated heterocycles. The van der Waals surface area contributed by atoms with Gasteiger partial charge in [0.25, 0.3) is 5.60 Å². The van der Waals surface area contributed by atoms with E-state index < -0.39 is 23.0 Å². The number of hydrogen-bond acceptors (Lipinski definition) is 5. The molecule has 0 N–H and O–H groups in total. The van der Waals surface area contributed by atoms with Crippen LogP contribution in [0.4, 0.5) is 0 Å². The van der Waals surface area contributed by atoms with Crippen LogP contribution in [0.25, 0.3) is 6.08 Å². The number of methoxy groups -OCH3 is 1. The fourth-order valence-electron chi connectivity index (χ4n) is 2.04. The monoisotopic (exact) mass is 290 g/mol. The van der Waals surface area contributed by atoms with Gasteiger partial charge in [-0.1, -0.05) is 30.3 Å². The largest absolute Gasteiger partial charge is 0.466 e. The molecule has 0 heterocycles. The number of hydrogen-bond donors (Lipinski definition) is 0.